The minimum absolute atomic E-state index is 0.0106. The van der Waals surface area contributed by atoms with Gasteiger partial charge in [-0.05, 0) is 24.3 Å². The minimum atomic E-state index is -0.818. The molecule has 11 heteroatoms. The number of nitrogens with two attached hydrogens (primary N) is 1. The molecule has 0 saturated carbocycles. The van der Waals surface area contributed by atoms with Crippen LogP contribution in [0.15, 0.2) is 17.5 Å². The number of carbonyl (C=O) groups excluding carboxylic acids is 4. The number of rotatable bonds is 4. The molecule has 3 saturated heterocycles. The summed E-state index contributed by atoms with van der Waals surface area (Å²) in [5, 5.41) is 9.40. The van der Waals surface area contributed by atoms with Crippen molar-refractivity contribution in [2.45, 2.75) is 31.0 Å². The van der Waals surface area contributed by atoms with Crippen LogP contribution in [0.25, 0.3) is 0 Å². The van der Waals surface area contributed by atoms with Crippen LogP contribution in [0.3, 0.4) is 0 Å². The maximum Gasteiger partial charge on any atom is 0.281 e. The first kappa shape index (κ1) is 21.1. The summed E-state index contributed by atoms with van der Waals surface area (Å²) >= 11 is 3.05. The molecule has 3 aliphatic rings. The van der Waals surface area contributed by atoms with E-state index in [2.05, 4.69) is 10.6 Å². The summed E-state index contributed by atoms with van der Waals surface area (Å²) in [6, 6.07) is 1.98. The van der Waals surface area contributed by atoms with Gasteiger partial charge in [-0.25, -0.2) is 0 Å². The number of amides is 4. The predicted octanol–water partition coefficient (Wildman–Crippen LogP) is -1.57. The topological polar surface area (TPSA) is 115 Å². The maximum absolute atomic E-state index is 13.2. The third-order valence-corrected chi connectivity index (χ3v) is 7.58. The highest BCUT2D eigenvalue weighted by molar-refractivity contribution is 7.99. The number of quaternary nitrogens is 1. The number of piperazine rings is 1. The summed E-state index contributed by atoms with van der Waals surface area (Å²) in [6.07, 6.45) is 1.36. The first-order valence-corrected chi connectivity index (χ1v) is 12.2. The molecule has 30 heavy (non-hydrogen) atoms. The van der Waals surface area contributed by atoms with Crippen molar-refractivity contribution in [3.63, 3.8) is 0 Å². The summed E-state index contributed by atoms with van der Waals surface area (Å²) < 4.78 is 0. The van der Waals surface area contributed by atoms with E-state index in [4.69, 9.17) is 0 Å². The van der Waals surface area contributed by atoms with E-state index in [1.54, 1.807) is 33.7 Å². The van der Waals surface area contributed by atoms with E-state index in [0.717, 1.165) is 18.1 Å². The van der Waals surface area contributed by atoms with Crippen LogP contribution in [0.2, 0.25) is 0 Å². The molecule has 0 unspecified atom stereocenters. The van der Waals surface area contributed by atoms with Gasteiger partial charge < -0.3 is 25.8 Å². The number of hydrogen-bond acceptors (Lipinski definition) is 6. The van der Waals surface area contributed by atoms with Crippen LogP contribution in [-0.2, 0) is 14.4 Å². The third kappa shape index (κ3) is 4.47. The van der Waals surface area contributed by atoms with E-state index in [1.165, 1.54) is 11.3 Å². The Morgan fingerprint density at radius 1 is 1.27 bits per heavy atom. The van der Waals surface area contributed by atoms with Gasteiger partial charge in [0.15, 0.2) is 6.04 Å². The molecule has 3 fully saturated rings. The lowest BCUT2D eigenvalue weighted by molar-refractivity contribution is -0.649. The number of nitrogens with zero attached hydrogens (tertiary/aromatic N) is 2. The van der Waals surface area contributed by atoms with Gasteiger partial charge in [0, 0.05) is 19.6 Å². The van der Waals surface area contributed by atoms with Crippen molar-refractivity contribution in [1.29, 1.82) is 0 Å². The Labute approximate surface area is 182 Å². The molecule has 4 amide bonds. The molecule has 4 rings (SSSR count). The Balaban J connectivity index is 1.51. The average molecular weight is 453 g/mol. The van der Waals surface area contributed by atoms with Crippen molar-refractivity contribution < 1.29 is 24.5 Å². The lowest BCUT2D eigenvalue weighted by Gasteiger charge is -2.41. The number of nitrogens with one attached hydrogen (secondary N) is 2. The standard InChI is InChI=1S/C19H25N5O4S2/c25-16-12(3-1-5-20-16)22-17(26)14-9-23(18(27)13-10-29-11-21-13)6-7-24(14)19(28)15-4-2-8-30-15/h2,4,8,12-14,21H,1,3,5-7,9-11H2,(H,20,25)(H,22,26)/p+1/t12-,13-,14+/m0/s1. The van der Waals surface area contributed by atoms with E-state index in [1.807, 2.05) is 10.7 Å². The largest absolute Gasteiger partial charge is 0.354 e. The van der Waals surface area contributed by atoms with E-state index in [-0.39, 0.29) is 42.8 Å². The minimum Gasteiger partial charge on any atom is -0.354 e. The van der Waals surface area contributed by atoms with Gasteiger partial charge in [0.25, 0.3) is 11.8 Å². The molecule has 0 aliphatic carbocycles. The highest BCUT2D eigenvalue weighted by atomic mass is 32.2. The Morgan fingerprint density at radius 2 is 2.13 bits per heavy atom. The summed E-state index contributed by atoms with van der Waals surface area (Å²) in [7, 11) is 0. The third-order valence-electron chi connectivity index (χ3n) is 5.70. The fourth-order valence-corrected chi connectivity index (χ4v) is 5.74. The van der Waals surface area contributed by atoms with Gasteiger partial charge in [0.05, 0.1) is 17.2 Å². The quantitative estimate of drug-likeness (QED) is 0.511. The molecule has 0 aromatic carbocycles. The second kappa shape index (κ2) is 9.36. The summed E-state index contributed by atoms with van der Waals surface area (Å²) in [5.74, 6) is 0.821. The van der Waals surface area contributed by atoms with Crippen LogP contribution >= 0.6 is 23.1 Å². The van der Waals surface area contributed by atoms with Crippen LogP contribution < -0.4 is 16.0 Å². The average Bonchev–Trinajstić information content (AvgIpc) is 3.48. The summed E-state index contributed by atoms with van der Waals surface area (Å²) in [4.78, 5) is 55.0. The van der Waals surface area contributed by atoms with Gasteiger partial charge in [0.1, 0.15) is 18.0 Å². The molecular formula is C19H26N5O4S2+. The second-order valence-electron chi connectivity index (χ2n) is 7.65. The van der Waals surface area contributed by atoms with Gasteiger partial charge in [-0.2, -0.15) is 0 Å². The summed E-state index contributed by atoms with van der Waals surface area (Å²) in [6.45, 7) is 1.44. The predicted molar refractivity (Wildman–Crippen MR) is 113 cm³/mol. The van der Waals surface area contributed by atoms with Crippen molar-refractivity contribution in [1.82, 2.24) is 20.4 Å². The molecule has 3 aliphatic heterocycles. The van der Waals surface area contributed by atoms with Crippen LogP contribution in [0.1, 0.15) is 22.5 Å². The molecule has 1 aromatic rings. The zero-order valence-corrected chi connectivity index (χ0v) is 18.2. The number of hydrogen-bond donors (Lipinski definition) is 3. The monoisotopic (exact) mass is 452 g/mol. The Bertz CT molecular complexity index is 812. The van der Waals surface area contributed by atoms with E-state index < -0.39 is 12.1 Å². The van der Waals surface area contributed by atoms with Gasteiger partial charge in [-0.3, -0.25) is 19.2 Å². The molecule has 0 bridgehead atoms. The van der Waals surface area contributed by atoms with E-state index in [9.17, 15) is 19.2 Å². The molecule has 4 N–H and O–H groups in total. The highest BCUT2D eigenvalue weighted by Crippen LogP contribution is 2.19. The zero-order chi connectivity index (χ0) is 21.1. The van der Waals surface area contributed by atoms with Crippen molar-refractivity contribution in [2.75, 3.05) is 37.8 Å². The summed E-state index contributed by atoms with van der Waals surface area (Å²) in [5.41, 5.74) is 0. The Hall–Kier alpha value is -2.11. The number of carbonyl (C=O) groups is 4. The zero-order valence-electron chi connectivity index (χ0n) is 16.5. The smallest absolute Gasteiger partial charge is 0.281 e. The van der Waals surface area contributed by atoms with Crippen LogP contribution in [-0.4, -0.2) is 89.4 Å². The van der Waals surface area contributed by atoms with Gasteiger partial charge in [-0.1, -0.05) is 17.8 Å². The van der Waals surface area contributed by atoms with Crippen LogP contribution in [0.5, 0.6) is 0 Å². The molecule has 162 valence electrons. The van der Waals surface area contributed by atoms with Crippen molar-refractivity contribution in [2.24, 2.45) is 0 Å². The van der Waals surface area contributed by atoms with Crippen LogP contribution in [0, 0.1) is 0 Å². The lowest BCUT2D eigenvalue weighted by Crippen LogP contribution is -2.90. The molecule has 1 aromatic heterocycles. The highest BCUT2D eigenvalue weighted by Gasteiger charge is 2.41. The van der Waals surface area contributed by atoms with E-state index in [0.29, 0.717) is 24.4 Å². The van der Waals surface area contributed by atoms with Gasteiger partial charge >= 0.3 is 0 Å². The van der Waals surface area contributed by atoms with Crippen LogP contribution in [0.4, 0.5) is 0 Å². The van der Waals surface area contributed by atoms with Gasteiger partial charge in [-0.15, -0.1) is 11.3 Å². The van der Waals surface area contributed by atoms with E-state index >= 15 is 0 Å². The Morgan fingerprint density at radius 3 is 2.83 bits per heavy atom. The fraction of sp³-hybridized carbons (Fsp3) is 0.579. The molecule has 0 spiro atoms. The number of piperidine rings is 1. The first-order valence-electron chi connectivity index (χ1n) is 10.2. The molecular weight excluding hydrogens is 426 g/mol. The number of thioether (sulfide) groups is 1. The molecule has 3 atom stereocenters. The normalized spacial score (nSPS) is 26.9. The van der Waals surface area contributed by atoms with Crippen molar-refractivity contribution in [3.05, 3.63) is 22.4 Å². The molecule has 4 heterocycles. The van der Waals surface area contributed by atoms with Crippen molar-refractivity contribution in [3.8, 4) is 0 Å². The molecule has 9 nitrogen and oxygen atoms in total. The fourth-order valence-electron chi connectivity index (χ4n) is 4.02. The second-order valence-corrected chi connectivity index (χ2v) is 9.67. The lowest BCUT2D eigenvalue weighted by atomic mass is 10.0. The van der Waals surface area contributed by atoms with Gasteiger partial charge in [0.2, 0.25) is 11.8 Å². The maximum atomic E-state index is 13.2. The SMILES string of the molecule is O=C1NCCC[C@@H]1NC(=O)[C@H]1CN(C(=O)[C@@H]2CSC[NH2+]2)CCN1C(=O)c1cccs1. The Kier molecular flexibility index (Phi) is 6.59. The van der Waals surface area contributed by atoms with Crippen molar-refractivity contribution >= 4 is 46.7 Å². The first-order chi connectivity index (χ1) is 14.5. The number of thiophene rings is 1. The molecule has 0 radical (unpaired) electrons.